The Labute approximate surface area is 173 Å². The molecule has 3 rings (SSSR count). The number of cyclic esters (lactones) is 1. The first kappa shape index (κ1) is 21.6. The Balaban J connectivity index is 1.52. The lowest BCUT2D eigenvalue weighted by Crippen LogP contribution is -2.37. The van der Waals surface area contributed by atoms with Gasteiger partial charge in [0.05, 0.1) is 6.10 Å². The van der Waals surface area contributed by atoms with Crippen LogP contribution in [0.5, 0.6) is 11.5 Å². The molecule has 30 heavy (non-hydrogen) atoms. The fourth-order valence-corrected chi connectivity index (χ4v) is 3.62. The summed E-state index contributed by atoms with van der Waals surface area (Å²) < 4.78 is 16.0. The average Bonchev–Trinajstić information content (AvgIpc) is 3.49. The van der Waals surface area contributed by atoms with Crippen molar-refractivity contribution in [3.05, 3.63) is 42.0 Å². The van der Waals surface area contributed by atoms with Crippen LogP contribution < -0.4 is 0 Å². The molecule has 0 amide bonds. The van der Waals surface area contributed by atoms with Gasteiger partial charge in [-0.05, 0) is 43.0 Å². The van der Waals surface area contributed by atoms with E-state index in [1.807, 2.05) is 0 Å². The summed E-state index contributed by atoms with van der Waals surface area (Å²) in [5, 5.41) is 18.8. The van der Waals surface area contributed by atoms with Gasteiger partial charge in [0, 0.05) is 31.6 Å². The van der Waals surface area contributed by atoms with E-state index in [9.17, 15) is 24.6 Å². The molecule has 1 saturated carbocycles. The van der Waals surface area contributed by atoms with E-state index in [0.29, 0.717) is 18.4 Å². The molecule has 2 aliphatic rings. The van der Waals surface area contributed by atoms with Crippen LogP contribution in [0.3, 0.4) is 0 Å². The summed E-state index contributed by atoms with van der Waals surface area (Å²) in [6.07, 6.45) is 5.01. The standard InChI is InChI=1S/C22H24O8/c1-12(29-20(26)9-7-13-6-8-16(23)17(24)10-13)21(27)14-11-15(14)22(28-2)18-4-3-5-19(25)30-18/h3,5-10,12,14-15,18,22-24H,4,11H2,1-2H3/b9-7+/t12-,14+,15+,18-,22+/m1/s1. The molecule has 0 unspecified atom stereocenters. The highest BCUT2D eigenvalue weighted by Gasteiger charge is 2.52. The molecule has 0 saturated heterocycles. The van der Waals surface area contributed by atoms with E-state index < -0.39 is 30.3 Å². The summed E-state index contributed by atoms with van der Waals surface area (Å²) in [5.41, 5.74) is 0.488. The van der Waals surface area contributed by atoms with Crippen LogP contribution in [0.2, 0.25) is 0 Å². The van der Waals surface area contributed by atoms with Gasteiger partial charge in [0.25, 0.3) is 0 Å². The fraction of sp³-hybridized carbons (Fsp3) is 0.409. The summed E-state index contributed by atoms with van der Waals surface area (Å²) in [6, 6.07) is 4.10. The molecular formula is C22H24O8. The van der Waals surface area contributed by atoms with Crippen LogP contribution in [0.4, 0.5) is 0 Å². The first-order valence-electron chi connectivity index (χ1n) is 9.64. The second-order valence-corrected chi connectivity index (χ2v) is 7.38. The molecule has 1 aliphatic carbocycles. The van der Waals surface area contributed by atoms with Gasteiger partial charge in [0.1, 0.15) is 6.10 Å². The highest BCUT2D eigenvalue weighted by atomic mass is 16.6. The molecule has 1 aromatic carbocycles. The normalized spacial score (nSPS) is 24.9. The molecule has 0 radical (unpaired) electrons. The van der Waals surface area contributed by atoms with E-state index >= 15 is 0 Å². The smallest absolute Gasteiger partial charge is 0.331 e. The van der Waals surface area contributed by atoms with Crippen LogP contribution in [0, 0.1) is 11.8 Å². The minimum atomic E-state index is -0.934. The van der Waals surface area contributed by atoms with E-state index in [2.05, 4.69) is 0 Å². The molecular weight excluding hydrogens is 392 g/mol. The topological polar surface area (TPSA) is 119 Å². The lowest BCUT2D eigenvalue weighted by atomic mass is 10.0. The number of rotatable bonds is 8. The van der Waals surface area contributed by atoms with Gasteiger partial charge in [0.2, 0.25) is 0 Å². The average molecular weight is 416 g/mol. The number of carbonyl (C=O) groups is 3. The Morgan fingerprint density at radius 1 is 1.27 bits per heavy atom. The second-order valence-electron chi connectivity index (χ2n) is 7.38. The van der Waals surface area contributed by atoms with Crippen molar-refractivity contribution in [2.75, 3.05) is 7.11 Å². The zero-order valence-corrected chi connectivity index (χ0v) is 16.7. The molecule has 1 aromatic rings. The van der Waals surface area contributed by atoms with E-state index in [1.54, 1.807) is 6.08 Å². The molecule has 1 fully saturated rings. The maximum absolute atomic E-state index is 12.6. The van der Waals surface area contributed by atoms with Crippen LogP contribution in [0.1, 0.15) is 25.3 Å². The third-order valence-electron chi connectivity index (χ3n) is 5.26. The van der Waals surface area contributed by atoms with Gasteiger partial charge in [-0.25, -0.2) is 9.59 Å². The quantitative estimate of drug-likeness (QED) is 0.376. The van der Waals surface area contributed by atoms with Crippen molar-refractivity contribution in [3.63, 3.8) is 0 Å². The van der Waals surface area contributed by atoms with Crippen LogP contribution in [0.25, 0.3) is 6.08 Å². The number of methoxy groups -OCH3 is 1. The number of carbonyl (C=O) groups excluding carboxylic acids is 3. The lowest BCUT2D eigenvalue weighted by molar-refractivity contribution is -0.154. The molecule has 1 heterocycles. The zero-order chi connectivity index (χ0) is 21.8. The molecule has 160 valence electrons. The predicted octanol–water partition coefficient (Wildman–Crippen LogP) is 2.13. The summed E-state index contributed by atoms with van der Waals surface area (Å²) in [6.45, 7) is 1.51. The highest BCUT2D eigenvalue weighted by molar-refractivity contribution is 5.93. The Morgan fingerprint density at radius 3 is 2.70 bits per heavy atom. The van der Waals surface area contributed by atoms with Crippen molar-refractivity contribution in [2.24, 2.45) is 11.8 Å². The van der Waals surface area contributed by atoms with Gasteiger partial charge in [-0.3, -0.25) is 4.79 Å². The van der Waals surface area contributed by atoms with Crippen LogP contribution in [-0.4, -0.2) is 53.4 Å². The third kappa shape index (κ3) is 5.07. The van der Waals surface area contributed by atoms with E-state index in [-0.39, 0.29) is 29.1 Å². The number of esters is 2. The van der Waals surface area contributed by atoms with Crippen LogP contribution >= 0.6 is 0 Å². The van der Waals surface area contributed by atoms with Gasteiger partial charge in [-0.15, -0.1) is 0 Å². The first-order valence-corrected chi connectivity index (χ1v) is 9.64. The van der Waals surface area contributed by atoms with Crippen molar-refractivity contribution in [1.82, 2.24) is 0 Å². The van der Waals surface area contributed by atoms with Gasteiger partial charge in [-0.2, -0.15) is 0 Å². The first-order chi connectivity index (χ1) is 14.3. The Hall–Kier alpha value is -3.13. The van der Waals surface area contributed by atoms with Gasteiger partial charge < -0.3 is 24.4 Å². The van der Waals surface area contributed by atoms with Crippen LogP contribution in [-0.2, 0) is 28.6 Å². The van der Waals surface area contributed by atoms with E-state index in [1.165, 1.54) is 44.4 Å². The number of ether oxygens (including phenoxy) is 3. The molecule has 0 spiro atoms. The summed E-state index contributed by atoms with van der Waals surface area (Å²) in [7, 11) is 1.52. The molecule has 0 bridgehead atoms. The van der Waals surface area contributed by atoms with Crippen molar-refractivity contribution >= 4 is 23.8 Å². The minimum Gasteiger partial charge on any atom is -0.504 e. The molecule has 8 heteroatoms. The molecule has 2 N–H and O–H groups in total. The lowest BCUT2D eigenvalue weighted by Gasteiger charge is -2.27. The summed E-state index contributed by atoms with van der Waals surface area (Å²) in [5.74, 6) is -2.31. The number of hydrogen-bond donors (Lipinski definition) is 2. The summed E-state index contributed by atoms with van der Waals surface area (Å²) >= 11 is 0. The zero-order valence-electron chi connectivity index (χ0n) is 16.7. The van der Waals surface area contributed by atoms with E-state index in [4.69, 9.17) is 14.2 Å². The summed E-state index contributed by atoms with van der Waals surface area (Å²) in [4.78, 5) is 36.1. The number of Topliss-reactive ketones (excluding diaryl/α,β-unsaturated/α-hetero) is 1. The molecule has 8 nitrogen and oxygen atoms in total. The Morgan fingerprint density at radius 2 is 2.03 bits per heavy atom. The van der Waals surface area contributed by atoms with Crippen molar-refractivity contribution in [2.45, 2.75) is 38.1 Å². The molecule has 0 aromatic heterocycles. The number of benzene rings is 1. The molecule has 1 aliphatic heterocycles. The Kier molecular flexibility index (Phi) is 6.56. The number of phenols is 2. The number of aromatic hydroxyl groups is 2. The van der Waals surface area contributed by atoms with Crippen molar-refractivity contribution < 1.29 is 38.8 Å². The minimum absolute atomic E-state index is 0.0940. The van der Waals surface area contributed by atoms with Gasteiger partial charge in [0.15, 0.2) is 23.4 Å². The predicted molar refractivity (Wildman–Crippen MR) is 105 cm³/mol. The number of ketones is 1. The van der Waals surface area contributed by atoms with Crippen LogP contribution in [0.15, 0.2) is 36.4 Å². The fourth-order valence-electron chi connectivity index (χ4n) is 3.62. The van der Waals surface area contributed by atoms with Crippen molar-refractivity contribution in [3.8, 4) is 11.5 Å². The Bertz CT molecular complexity index is 887. The number of phenolic OH excluding ortho intramolecular Hbond substituents is 2. The maximum Gasteiger partial charge on any atom is 0.331 e. The number of hydrogen-bond acceptors (Lipinski definition) is 8. The monoisotopic (exact) mass is 416 g/mol. The molecule has 5 atom stereocenters. The highest BCUT2D eigenvalue weighted by Crippen LogP contribution is 2.46. The van der Waals surface area contributed by atoms with Crippen molar-refractivity contribution in [1.29, 1.82) is 0 Å². The third-order valence-corrected chi connectivity index (χ3v) is 5.26. The largest absolute Gasteiger partial charge is 0.504 e. The SMILES string of the molecule is CO[C@@H]([C@H]1C[C@@H]1C(=O)[C@@H](C)OC(=O)/C=C/c1ccc(O)c(O)c1)[C@H]1CC=CC(=O)O1. The van der Waals surface area contributed by atoms with Gasteiger partial charge in [-0.1, -0.05) is 12.1 Å². The van der Waals surface area contributed by atoms with Gasteiger partial charge >= 0.3 is 11.9 Å². The van der Waals surface area contributed by atoms with E-state index in [0.717, 1.165) is 6.08 Å². The second kappa shape index (κ2) is 9.13. The maximum atomic E-state index is 12.6.